The fourth-order valence-corrected chi connectivity index (χ4v) is 2.69. The molecule has 0 aliphatic rings. The van der Waals surface area contributed by atoms with Crippen molar-refractivity contribution >= 4 is 11.6 Å². The second-order valence-corrected chi connectivity index (χ2v) is 6.15. The number of rotatable bonds is 6. The highest BCUT2D eigenvalue weighted by Gasteiger charge is 2.18. The van der Waals surface area contributed by atoms with Crippen LogP contribution in [0.5, 0.6) is 0 Å². The van der Waals surface area contributed by atoms with Crippen molar-refractivity contribution in [2.24, 2.45) is 5.92 Å². The lowest BCUT2D eigenvalue weighted by Crippen LogP contribution is -2.22. The van der Waals surface area contributed by atoms with Gasteiger partial charge in [0.05, 0.1) is 0 Å². The number of aryl methyl sites for hydroxylation is 1. The summed E-state index contributed by atoms with van der Waals surface area (Å²) in [5.74, 6) is 1.53. The molecule has 1 unspecified atom stereocenters. The quantitative estimate of drug-likeness (QED) is 0.889. The first-order chi connectivity index (χ1) is 10.0. The lowest BCUT2D eigenvalue weighted by molar-refractivity contribution is 0.451. The van der Waals surface area contributed by atoms with Crippen LogP contribution in [0.2, 0.25) is 5.02 Å². The van der Waals surface area contributed by atoms with Crippen molar-refractivity contribution in [1.82, 2.24) is 20.1 Å². The minimum absolute atomic E-state index is 0.132. The molecule has 0 bridgehead atoms. The Hall–Kier alpha value is -1.39. The van der Waals surface area contributed by atoms with E-state index in [1.807, 2.05) is 30.8 Å². The van der Waals surface area contributed by atoms with Crippen molar-refractivity contribution in [3.63, 3.8) is 0 Å². The number of nitrogens with zero attached hydrogens (tertiary/aromatic N) is 3. The average Bonchev–Trinajstić information content (AvgIpc) is 2.86. The summed E-state index contributed by atoms with van der Waals surface area (Å²) < 4.78 is 1.98. The zero-order chi connectivity index (χ0) is 15.4. The van der Waals surface area contributed by atoms with E-state index in [1.165, 1.54) is 0 Å². The highest BCUT2D eigenvalue weighted by Crippen LogP contribution is 2.27. The van der Waals surface area contributed by atoms with Crippen molar-refractivity contribution < 1.29 is 0 Å². The SMILES string of the molecule is CNC(Cc1ncnn1CC(C)C)c1cccc(C)c1Cl. The molecule has 21 heavy (non-hydrogen) atoms. The average molecular weight is 307 g/mol. The van der Waals surface area contributed by atoms with Gasteiger partial charge < -0.3 is 5.32 Å². The van der Waals surface area contributed by atoms with Crippen LogP contribution < -0.4 is 5.32 Å². The Balaban J connectivity index is 2.24. The molecule has 1 aromatic heterocycles. The van der Waals surface area contributed by atoms with Gasteiger partial charge in [-0.25, -0.2) is 9.67 Å². The second kappa shape index (κ2) is 7.05. The maximum Gasteiger partial charge on any atom is 0.138 e. The van der Waals surface area contributed by atoms with Gasteiger partial charge in [-0.1, -0.05) is 43.6 Å². The molecule has 5 heteroatoms. The fourth-order valence-electron chi connectivity index (χ4n) is 2.43. The molecular formula is C16H23ClN4. The molecule has 114 valence electrons. The predicted molar refractivity (Wildman–Crippen MR) is 86.6 cm³/mol. The van der Waals surface area contributed by atoms with E-state index in [0.717, 1.165) is 34.9 Å². The molecule has 2 rings (SSSR count). The van der Waals surface area contributed by atoms with Crippen LogP contribution in [0.3, 0.4) is 0 Å². The number of likely N-dealkylation sites (N-methyl/N-ethyl adjacent to an activating group) is 1. The summed E-state index contributed by atoms with van der Waals surface area (Å²) in [6.45, 7) is 7.27. The maximum atomic E-state index is 6.45. The molecule has 1 aromatic carbocycles. The van der Waals surface area contributed by atoms with E-state index < -0.39 is 0 Å². The molecule has 0 spiro atoms. The fraction of sp³-hybridized carbons (Fsp3) is 0.500. The van der Waals surface area contributed by atoms with Crippen LogP contribution in [0.15, 0.2) is 24.5 Å². The minimum Gasteiger partial charge on any atom is -0.313 e. The zero-order valence-corrected chi connectivity index (χ0v) is 13.9. The van der Waals surface area contributed by atoms with Crippen molar-refractivity contribution in [2.45, 2.75) is 39.8 Å². The predicted octanol–water partition coefficient (Wildman–Crippen LogP) is 3.40. The Labute approximate surface area is 131 Å². The first kappa shape index (κ1) is 16.0. The normalized spacial score (nSPS) is 12.9. The summed E-state index contributed by atoms with van der Waals surface area (Å²) >= 11 is 6.45. The van der Waals surface area contributed by atoms with Gasteiger partial charge in [0, 0.05) is 24.0 Å². The molecular weight excluding hydrogens is 284 g/mol. The maximum absolute atomic E-state index is 6.45. The highest BCUT2D eigenvalue weighted by atomic mass is 35.5. The van der Waals surface area contributed by atoms with Crippen molar-refractivity contribution in [3.05, 3.63) is 46.5 Å². The van der Waals surface area contributed by atoms with E-state index in [1.54, 1.807) is 6.33 Å². The third-order valence-corrected chi connectivity index (χ3v) is 4.08. The van der Waals surface area contributed by atoms with Crippen molar-refractivity contribution in [1.29, 1.82) is 0 Å². The van der Waals surface area contributed by atoms with E-state index in [4.69, 9.17) is 11.6 Å². The van der Waals surface area contributed by atoms with Gasteiger partial charge in [0.15, 0.2) is 0 Å². The van der Waals surface area contributed by atoms with Gasteiger partial charge in [-0.3, -0.25) is 0 Å². The molecule has 1 atom stereocenters. The van der Waals surface area contributed by atoms with Crippen LogP contribution in [0.1, 0.15) is 36.8 Å². The van der Waals surface area contributed by atoms with Crippen LogP contribution in [-0.4, -0.2) is 21.8 Å². The molecule has 0 aliphatic carbocycles. The Morgan fingerprint density at radius 3 is 2.76 bits per heavy atom. The molecule has 1 heterocycles. The van der Waals surface area contributed by atoms with Crippen LogP contribution in [0.25, 0.3) is 0 Å². The van der Waals surface area contributed by atoms with Crippen molar-refractivity contribution in [3.8, 4) is 0 Å². The number of nitrogens with one attached hydrogen (secondary N) is 1. The molecule has 4 nitrogen and oxygen atoms in total. The molecule has 0 saturated heterocycles. The Bertz CT molecular complexity index is 592. The summed E-state index contributed by atoms with van der Waals surface area (Å²) in [6, 6.07) is 6.27. The molecule has 0 aliphatic heterocycles. The third kappa shape index (κ3) is 3.83. The van der Waals surface area contributed by atoms with E-state index in [2.05, 4.69) is 35.3 Å². The largest absolute Gasteiger partial charge is 0.313 e. The van der Waals surface area contributed by atoms with E-state index >= 15 is 0 Å². The molecule has 0 radical (unpaired) electrons. The summed E-state index contributed by atoms with van der Waals surface area (Å²) in [5.41, 5.74) is 2.20. The number of halogens is 1. The molecule has 0 amide bonds. The van der Waals surface area contributed by atoms with Gasteiger partial charge in [0.2, 0.25) is 0 Å². The molecule has 0 fully saturated rings. The Morgan fingerprint density at radius 1 is 1.33 bits per heavy atom. The first-order valence-corrected chi connectivity index (χ1v) is 7.69. The number of benzene rings is 1. The first-order valence-electron chi connectivity index (χ1n) is 7.31. The van der Waals surface area contributed by atoms with Crippen LogP contribution in [0.4, 0.5) is 0 Å². The van der Waals surface area contributed by atoms with E-state index in [-0.39, 0.29) is 6.04 Å². The number of aromatic nitrogens is 3. The van der Waals surface area contributed by atoms with Gasteiger partial charge >= 0.3 is 0 Å². The Morgan fingerprint density at radius 2 is 2.10 bits per heavy atom. The summed E-state index contributed by atoms with van der Waals surface area (Å²) in [6.07, 6.45) is 2.40. The second-order valence-electron chi connectivity index (χ2n) is 5.78. The van der Waals surface area contributed by atoms with Crippen molar-refractivity contribution in [2.75, 3.05) is 7.05 Å². The number of hydrogen-bond donors (Lipinski definition) is 1. The van der Waals surface area contributed by atoms with E-state index in [0.29, 0.717) is 5.92 Å². The Kier molecular flexibility index (Phi) is 5.37. The summed E-state index contributed by atoms with van der Waals surface area (Å²) in [5, 5.41) is 8.49. The highest BCUT2D eigenvalue weighted by molar-refractivity contribution is 6.32. The minimum atomic E-state index is 0.132. The molecule has 0 saturated carbocycles. The molecule has 1 N–H and O–H groups in total. The van der Waals surface area contributed by atoms with Gasteiger partial charge in [-0.05, 0) is 31.0 Å². The van der Waals surface area contributed by atoms with E-state index in [9.17, 15) is 0 Å². The van der Waals surface area contributed by atoms with Gasteiger partial charge in [-0.2, -0.15) is 5.10 Å². The third-order valence-electron chi connectivity index (χ3n) is 3.57. The van der Waals surface area contributed by atoms with Gasteiger partial charge in [-0.15, -0.1) is 0 Å². The van der Waals surface area contributed by atoms with Crippen LogP contribution >= 0.6 is 11.6 Å². The standard InChI is InChI=1S/C16H23ClN4/c1-11(2)9-21-15(19-10-20-21)8-14(18-4)13-7-5-6-12(3)16(13)17/h5-7,10-11,14,18H,8-9H2,1-4H3. The van der Waals surface area contributed by atoms with Gasteiger partial charge in [0.25, 0.3) is 0 Å². The topological polar surface area (TPSA) is 42.7 Å². The van der Waals surface area contributed by atoms with Gasteiger partial charge in [0.1, 0.15) is 12.2 Å². The summed E-state index contributed by atoms with van der Waals surface area (Å²) in [4.78, 5) is 4.40. The smallest absolute Gasteiger partial charge is 0.138 e. The lowest BCUT2D eigenvalue weighted by atomic mass is 10.0. The van der Waals surface area contributed by atoms with Crippen LogP contribution in [0, 0.1) is 12.8 Å². The number of hydrogen-bond acceptors (Lipinski definition) is 3. The monoisotopic (exact) mass is 306 g/mol. The lowest BCUT2D eigenvalue weighted by Gasteiger charge is -2.19. The summed E-state index contributed by atoms with van der Waals surface area (Å²) in [7, 11) is 1.95. The van der Waals surface area contributed by atoms with Crippen LogP contribution in [-0.2, 0) is 13.0 Å². The molecule has 2 aromatic rings. The zero-order valence-electron chi connectivity index (χ0n) is 13.1.